The molecule has 20 heavy (non-hydrogen) atoms. The van der Waals surface area contributed by atoms with Gasteiger partial charge in [0.25, 0.3) is 0 Å². The molecule has 0 unspecified atom stereocenters. The quantitative estimate of drug-likeness (QED) is 0.695. The van der Waals surface area contributed by atoms with Gasteiger partial charge in [-0.1, -0.05) is 12.2 Å². The molecule has 0 saturated carbocycles. The maximum atomic E-state index is 12.2. The standard InChI is InChI=1S/C15H28N4O/c1-4-18(9-13(2)3)15(20)12-17-10-14(11-17)19-7-5-16-6-8-19/h14,16H,2,4-12H2,1,3H3. The van der Waals surface area contributed by atoms with E-state index in [9.17, 15) is 4.79 Å². The van der Waals surface area contributed by atoms with Gasteiger partial charge in [0.1, 0.15) is 0 Å². The van der Waals surface area contributed by atoms with E-state index in [2.05, 4.69) is 21.7 Å². The Kier molecular flexibility index (Phi) is 5.57. The molecule has 2 saturated heterocycles. The average molecular weight is 280 g/mol. The highest BCUT2D eigenvalue weighted by molar-refractivity contribution is 5.78. The summed E-state index contributed by atoms with van der Waals surface area (Å²) in [5.41, 5.74) is 1.04. The highest BCUT2D eigenvalue weighted by Crippen LogP contribution is 2.15. The molecule has 2 aliphatic rings. The van der Waals surface area contributed by atoms with Crippen molar-refractivity contribution in [2.75, 3.05) is 58.9 Å². The number of nitrogens with zero attached hydrogens (tertiary/aromatic N) is 3. The van der Waals surface area contributed by atoms with Crippen LogP contribution in [-0.4, -0.2) is 85.6 Å². The van der Waals surface area contributed by atoms with Gasteiger partial charge in [0.05, 0.1) is 6.54 Å². The van der Waals surface area contributed by atoms with E-state index in [1.54, 1.807) is 0 Å². The van der Waals surface area contributed by atoms with E-state index in [1.807, 2.05) is 18.7 Å². The first-order chi connectivity index (χ1) is 9.60. The summed E-state index contributed by atoms with van der Waals surface area (Å²) in [5.74, 6) is 0.231. The molecule has 2 heterocycles. The largest absolute Gasteiger partial charge is 0.338 e. The summed E-state index contributed by atoms with van der Waals surface area (Å²) in [6, 6.07) is 0.654. The Balaban J connectivity index is 1.70. The molecule has 5 heteroatoms. The fourth-order valence-electron chi connectivity index (χ4n) is 2.94. The number of nitrogens with one attached hydrogen (secondary N) is 1. The molecule has 0 atom stereocenters. The van der Waals surface area contributed by atoms with E-state index >= 15 is 0 Å². The zero-order valence-corrected chi connectivity index (χ0v) is 12.9. The second kappa shape index (κ2) is 7.20. The number of piperazine rings is 1. The van der Waals surface area contributed by atoms with Crippen LogP contribution in [0.1, 0.15) is 13.8 Å². The van der Waals surface area contributed by atoms with Crippen LogP contribution in [-0.2, 0) is 4.79 Å². The number of hydrogen-bond acceptors (Lipinski definition) is 4. The van der Waals surface area contributed by atoms with Crippen LogP contribution in [0.25, 0.3) is 0 Å². The molecule has 0 aliphatic carbocycles. The second-order valence-electron chi connectivity index (χ2n) is 6.00. The smallest absolute Gasteiger partial charge is 0.237 e. The number of hydrogen-bond donors (Lipinski definition) is 1. The van der Waals surface area contributed by atoms with Crippen molar-refractivity contribution in [3.05, 3.63) is 12.2 Å². The number of carbonyl (C=O) groups is 1. The summed E-state index contributed by atoms with van der Waals surface area (Å²) >= 11 is 0. The van der Waals surface area contributed by atoms with Crippen molar-refractivity contribution in [1.82, 2.24) is 20.0 Å². The molecule has 1 amide bonds. The molecule has 0 bridgehead atoms. The lowest BCUT2D eigenvalue weighted by Gasteiger charge is -2.46. The normalized spacial score (nSPS) is 21.5. The van der Waals surface area contributed by atoms with E-state index in [0.717, 1.165) is 51.4 Å². The third-order valence-electron chi connectivity index (χ3n) is 4.16. The molecular formula is C15H28N4O. The molecule has 2 rings (SSSR count). The Hall–Kier alpha value is -0.910. The van der Waals surface area contributed by atoms with Crippen LogP contribution in [0.3, 0.4) is 0 Å². The van der Waals surface area contributed by atoms with Gasteiger partial charge in [-0.3, -0.25) is 14.6 Å². The lowest BCUT2D eigenvalue weighted by Crippen LogP contribution is -2.63. The van der Waals surface area contributed by atoms with Gasteiger partial charge in [-0.15, -0.1) is 0 Å². The van der Waals surface area contributed by atoms with E-state index < -0.39 is 0 Å². The van der Waals surface area contributed by atoms with Gasteiger partial charge in [0.2, 0.25) is 5.91 Å². The van der Waals surface area contributed by atoms with Gasteiger partial charge in [0.15, 0.2) is 0 Å². The van der Waals surface area contributed by atoms with E-state index in [1.165, 1.54) is 0 Å². The fourth-order valence-corrected chi connectivity index (χ4v) is 2.94. The van der Waals surface area contributed by atoms with Crippen LogP contribution < -0.4 is 5.32 Å². The van der Waals surface area contributed by atoms with Crippen molar-refractivity contribution in [2.45, 2.75) is 19.9 Å². The van der Waals surface area contributed by atoms with Crippen molar-refractivity contribution in [1.29, 1.82) is 0 Å². The molecule has 5 nitrogen and oxygen atoms in total. The third kappa shape index (κ3) is 4.04. The number of carbonyl (C=O) groups excluding carboxylic acids is 1. The average Bonchev–Trinajstić information content (AvgIpc) is 2.40. The summed E-state index contributed by atoms with van der Waals surface area (Å²) in [5, 5.41) is 3.38. The lowest BCUT2D eigenvalue weighted by molar-refractivity contribution is -0.133. The van der Waals surface area contributed by atoms with Crippen LogP contribution in [0.15, 0.2) is 12.2 Å². The van der Waals surface area contributed by atoms with Gasteiger partial charge in [-0.2, -0.15) is 0 Å². The van der Waals surface area contributed by atoms with Crippen LogP contribution in [0.2, 0.25) is 0 Å². The van der Waals surface area contributed by atoms with Crippen molar-refractivity contribution in [3.63, 3.8) is 0 Å². The lowest BCUT2D eigenvalue weighted by atomic mass is 10.1. The Morgan fingerprint density at radius 2 is 2.00 bits per heavy atom. The number of rotatable bonds is 6. The van der Waals surface area contributed by atoms with Crippen LogP contribution in [0.5, 0.6) is 0 Å². The first-order valence-corrected chi connectivity index (χ1v) is 7.69. The molecule has 2 aliphatic heterocycles. The van der Waals surface area contributed by atoms with E-state index in [0.29, 0.717) is 19.1 Å². The summed E-state index contributed by atoms with van der Waals surface area (Å²) in [6.07, 6.45) is 0. The first-order valence-electron chi connectivity index (χ1n) is 7.69. The molecular weight excluding hydrogens is 252 g/mol. The minimum absolute atomic E-state index is 0.231. The van der Waals surface area contributed by atoms with Crippen molar-refractivity contribution < 1.29 is 4.79 Å². The maximum Gasteiger partial charge on any atom is 0.237 e. The van der Waals surface area contributed by atoms with E-state index in [-0.39, 0.29) is 5.91 Å². The Labute approximate surface area is 122 Å². The molecule has 0 aromatic rings. The van der Waals surface area contributed by atoms with Gasteiger partial charge in [-0.05, 0) is 13.8 Å². The fraction of sp³-hybridized carbons (Fsp3) is 0.800. The van der Waals surface area contributed by atoms with Gasteiger partial charge >= 0.3 is 0 Å². The van der Waals surface area contributed by atoms with Crippen molar-refractivity contribution in [3.8, 4) is 0 Å². The van der Waals surface area contributed by atoms with Gasteiger partial charge < -0.3 is 10.2 Å². The molecule has 0 aromatic carbocycles. The zero-order valence-electron chi connectivity index (χ0n) is 12.9. The molecule has 2 fully saturated rings. The molecule has 0 spiro atoms. The molecule has 0 aromatic heterocycles. The third-order valence-corrected chi connectivity index (χ3v) is 4.16. The topological polar surface area (TPSA) is 38.8 Å². The number of likely N-dealkylation sites (N-methyl/N-ethyl adjacent to an activating group) is 1. The Morgan fingerprint density at radius 3 is 2.55 bits per heavy atom. The van der Waals surface area contributed by atoms with Crippen molar-refractivity contribution >= 4 is 5.91 Å². The monoisotopic (exact) mass is 280 g/mol. The summed E-state index contributed by atoms with van der Waals surface area (Å²) in [7, 11) is 0. The summed E-state index contributed by atoms with van der Waals surface area (Å²) < 4.78 is 0. The summed E-state index contributed by atoms with van der Waals surface area (Å²) in [4.78, 5) is 18.9. The molecule has 114 valence electrons. The van der Waals surface area contributed by atoms with Crippen LogP contribution in [0.4, 0.5) is 0 Å². The van der Waals surface area contributed by atoms with Gasteiger partial charge in [0, 0.05) is 58.4 Å². The van der Waals surface area contributed by atoms with Crippen molar-refractivity contribution in [2.24, 2.45) is 0 Å². The highest BCUT2D eigenvalue weighted by Gasteiger charge is 2.33. The number of amides is 1. The highest BCUT2D eigenvalue weighted by atomic mass is 16.2. The maximum absolute atomic E-state index is 12.2. The second-order valence-corrected chi connectivity index (χ2v) is 6.00. The Bertz CT molecular complexity index is 346. The van der Waals surface area contributed by atoms with Crippen LogP contribution in [0, 0.1) is 0 Å². The SMILES string of the molecule is C=C(C)CN(CC)C(=O)CN1CC(N2CCNCC2)C1. The number of likely N-dealkylation sites (tertiary alicyclic amines) is 1. The van der Waals surface area contributed by atoms with Gasteiger partial charge in [-0.25, -0.2) is 0 Å². The minimum Gasteiger partial charge on any atom is -0.338 e. The minimum atomic E-state index is 0.231. The molecule has 1 N–H and O–H groups in total. The zero-order chi connectivity index (χ0) is 14.5. The van der Waals surface area contributed by atoms with Crippen LogP contribution >= 0.6 is 0 Å². The predicted octanol–water partition coefficient (Wildman–Crippen LogP) is 0.000400. The van der Waals surface area contributed by atoms with E-state index in [4.69, 9.17) is 0 Å². The summed E-state index contributed by atoms with van der Waals surface area (Å²) in [6.45, 7) is 16.5. The predicted molar refractivity (Wildman–Crippen MR) is 81.7 cm³/mol. The first kappa shape index (κ1) is 15.5. The Morgan fingerprint density at radius 1 is 1.35 bits per heavy atom. The molecule has 0 radical (unpaired) electrons.